The predicted octanol–water partition coefficient (Wildman–Crippen LogP) is 4.57. The van der Waals surface area contributed by atoms with Gasteiger partial charge in [-0.25, -0.2) is 0 Å². The first-order valence-corrected chi connectivity index (χ1v) is 7.70. The summed E-state index contributed by atoms with van der Waals surface area (Å²) in [4.78, 5) is 13.1. The quantitative estimate of drug-likeness (QED) is 0.447. The van der Waals surface area contributed by atoms with Crippen LogP contribution < -0.4 is 0 Å². The normalized spacial score (nSPS) is 10.3. The summed E-state index contributed by atoms with van der Waals surface area (Å²) in [6.07, 6.45) is 0. The van der Waals surface area contributed by atoms with Gasteiger partial charge < -0.3 is 0 Å². The molecule has 0 saturated heterocycles. The van der Waals surface area contributed by atoms with E-state index in [1.165, 1.54) is 5.56 Å². The molecule has 0 aliphatic carbocycles. The van der Waals surface area contributed by atoms with E-state index in [9.17, 15) is 4.79 Å². The van der Waals surface area contributed by atoms with Gasteiger partial charge in [-0.1, -0.05) is 29.8 Å². The first-order chi connectivity index (χ1) is 8.65. The van der Waals surface area contributed by atoms with E-state index in [-0.39, 0.29) is 5.78 Å². The molecule has 1 nitrogen and oxygen atoms in total. The van der Waals surface area contributed by atoms with Crippen molar-refractivity contribution in [3.8, 4) is 0 Å². The lowest BCUT2D eigenvalue weighted by Crippen LogP contribution is -2.02. The van der Waals surface area contributed by atoms with Crippen LogP contribution in [0.25, 0.3) is 0 Å². The Kier molecular flexibility index (Phi) is 4.83. The van der Waals surface area contributed by atoms with Crippen LogP contribution in [0, 0.1) is 10.5 Å². The second-order valence-corrected chi connectivity index (χ2v) is 6.33. The molecule has 0 heterocycles. The maximum atomic E-state index is 12.0. The van der Waals surface area contributed by atoms with Crippen molar-refractivity contribution in [1.29, 1.82) is 0 Å². The van der Waals surface area contributed by atoms with Gasteiger partial charge in [0, 0.05) is 14.0 Å². The van der Waals surface area contributed by atoms with Gasteiger partial charge in [-0.2, -0.15) is 0 Å². The van der Waals surface area contributed by atoms with Crippen molar-refractivity contribution in [3.05, 3.63) is 63.2 Å². The monoisotopic (exact) mass is 368 g/mol. The largest absolute Gasteiger partial charge is 0.293 e. The molecule has 0 spiro atoms. The van der Waals surface area contributed by atoms with Crippen LogP contribution in [0.5, 0.6) is 0 Å². The number of carbonyl (C=O) groups is 1. The average Bonchev–Trinajstić information content (AvgIpc) is 2.37. The average molecular weight is 368 g/mol. The molecule has 18 heavy (non-hydrogen) atoms. The van der Waals surface area contributed by atoms with Gasteiger partial charge in [-0.15, -0.1) is 11.8 Å². The number of Topliss-reactive ketones (excluding diaryl/α,β-unsaturated/α-hetero) is 1. The van der Waals surface area contributed by atoms with Crippen LogP contribution in [-0.2, 0) is 0 Å². The van der Waals surface area contributed by atoms with E-state index in [4.69, 9.17) is 0 Å². The molecule has 0 amide bonds. The number of rotatable bonds is 4. The minimum Gasteiger partial charge on any atom is -0.293 e. The summed E-state index contributed by atoms with van der Waals surface area (Å²) in [6.45, 7) is 2.06. The maximum Gasteiger partial charge on any atom is 0.173 e. The first kappa shape index (κ1) is 13.6. The molecule has 2 aromatic rings. The molecule has 0 bridgehead atoms. The van der Waals surface area contributed by atoms with Gasteiger partial charge in [-0.3, -0.25) is 4.79 Å². The highest BCUT2D eigenvalue weighted by Gasteiger charge is 2.06. The number of hydrogen-bond donors (Lipinski definition) is 0. The molecule has 0 atom stereocenters. The van der Waals surface area contributed by atoms with Crippen molar-refractivity contribution in [2.24, 2.45) is 0 Å². The van der Waals surface area contributed by atoms with Crippen LogP contribution in [0.2, 0.25) is 0 Å². The summed E-state index contributed by atoms with van der Waals surface area (Å²) in [5, 5.41) is 0. The Morgan fingerprint density at radius 3 is 2.56 bits per heavy atom. The molecule has 0 unspecified atom stereocenters. The molecule has 92 valence electrons. The van der Waals surface area contributed by atoms with Crippen molar-refractivity contribution in [2.45, 2.75) is 11.8 Å². The number of aryl methyl sites for hydroxylation is 1. The minimum atomic E-state index is 0.179. The Balaban J connectivity index is 1.98. The maximum absolute atomic E-state index is 12.0. The minimum absolute atomic E-state index is 0.179. The van der Waals surface area contributed by atoms with Crippen LogP contribution in [0.15, 0.2) is 53.4 Å². The summed E-state index contributed by atoms with van der Waals surface area (Å²) in [7, 11) is 0. The molecule has 0 saturated carbocycles. The van der Waals surface area contributed by atoms with Crippen molar-refractivity contribution in [1.82, 2.24) is 0 Å². The van der Waals surface area contributed by atoms with Gasteiger partial charge in [0.1, 0.15) is 0 Å². The van der Waals surface area contributed by atoms with Crippen molar-refractivity contribution in [2.75, 3.05) is 5.75 Å². The highest BCUT2D eigenvalue weighted by atomic mass is 127. The van der Waals surface area contributed by atoms with Crippen molar-refractivity contribution >= 4 is 40.1 Å². The second-order valence-electron chi connectivity index (χ2n) is 4.04. The number of carbonyl (C=O) groups excluding carboxylic acids is 1. The van der Waals surface area contributed by atoms with E-state index in [1.807, 2.05) is 36.4 Å². The van der Waals surface area contributed by atoms with Crippen LogP contribution >= 0.6 is 34.4 Å². The standard InChI is InChI=1S/C15H13IOS/c1-11-3-2-4-14(9-11)18-10-15(17)12-5-7-13(16)8-6-12/h2-9H,10H2,1H3. The third-order valence-corrected chi connectivity index (χ3v) is 4.24. The summed E-state index contributed by atoms with van der Waals surface area (Å²) in [5.74, 6) is 0.669. The lowest BCUT2D eigenvalue weighted by atomic mass is 10.2. The van der Waals surface area contributed by atoms with E-state index < -0.39 is 0 Å². The summed E-state index contributed by atoms with van der Waals surface area (Å²) >= 11 is 3.83. The molecule has 0 aliphatic heterocycles. The van der Waals surface area contributed by atoms with E-state index >= 15 is 0 Å². The number of ketones is 1. The van der Waals surface area contributed by atoms with Gasteiger partial charge >= 0.3 is 0 Å². The Hall–Kier alpha value is -0.810. The van der Waals surface area contributed by atoms with Crippen LogP contribution in [0.1, 0.15) is 15.9 Å². The molecule has 0 N–H and O–H groups in total. The van der Waals surface area contributed by atoms with Gasteiger partial charge in [0.15, 0.2) is 5.78 Å². The topological polar surface area (TPSA) is 17.1 Å². The molecular formula is C15H13IOS. The lowest BCUT2D eigenvalue weighted by molar-refractivity contribution is 0.102. The van der Waals surface area contributed by atoms with E-state index in [0.717, 1.165) is 14.0 Å². The number of hydrogen-bond acceptors (Lipinski definition) is 2. The zero-order valence-electron chi connectivity index (χ0n) is 10.0. The SMILES string of the molecule is Cc1cccc(SCC(=O)c2ccc(I)cc2)c1. The summed E-state index contributed by atoms with van der Waals surface area (Å²) in [5.41, 5.74) is 2.01. The van der Waals surface area contributed by atoms with Crippen LogP contribution in [0.4, 0.5) is 0 Å². The first-order valence-electron chi connectivity index (χ1n) is 5.63. The highest BCUT2D eigenvalue weighted by Crippen LogP contribution is 2.20. The number of benzene rings is 2. The number of halogens is 1. The van der Waals surface area contributed by atoms with E-state index in [2.05, 4.69) is 41.6 Å². The van der Waals surface area contributed by atoms with E-state index in [0.29, 0.717) is 5.75 Å². The smallest absolute Gasteiger partial charge is 0.173 e. The van der Waals surface area contributed by atoms with Crippen molar-refractivity contribution in [3.63, 3.8) is 0 Å². The van der Waals surface area contributed by atoms with E-state index in [1.54, 1.807) is 11.8 Å². The van der Waals surface area contributed by atoms with Gasteiger partial charge in [-0.05, 0) is 53.8 Å². The Morgan fingerprint density at radius 2 is 1.89 bits per heavy atom. The summed E-state index contributed by atoms with van der Waals surface area (Å²) < 4.78 is 1.15. The van der Waals surface area contributed by atoms with Crippen LogP contribution in [0.3, 0.4) is 0 Å². The summed E-state index contributed by atoms with van der Waals surface area (Å²) in [6, 6.07) is 15.9. The molecule has 0 radical (unpaired) electrons. The Morgan fingerprint density at radius 1 is 1.17 bits per heavy atom. The van der Waals surface area contributed by atoms with Gasteiger partial charge in [0.2, 0.25) is 0 Å². The Bertz CT molecular complexity index is 549. The van der Waals surface area contributed by atoms with Crippen molar-refractivity contribution < 1.29 is 4.79 Å². The number of thioether (sulfide) groups is 1. The molecule has 0 aliphatic rings. The molecule has 0 aromatic heterocycles. The van der Waals surface area contributed by atoms with Gasteiger partial charge in [0.05, 0.1) is 5.75 Å². The molecule has 0 fully saturated rings. The molecule has 3 heteroatoms. The molecule has 2 aromatic carbocycles. The Labute approximate surface area is 125 Å². The molecular weight excluding hydrogens is 355 g/mol. The zero-order valence-corrected chi connectivity index (χ0v) is 13.0. The fraction of sp³-hybridized carbons (Fsp3) is 0.133. The van der Waals surface area contributed by atoms with Gasteiger partial charge in [0.25, 0.3) is 0 Å². The highest BCUT2D eigenvalue weighted by molar-refractivity contribution is 14.1. The third kappa shape index (κ3) is 3.85. The lowest BCUT2D eigenvalue weighted by Gasteiger charge is -2.03. The third-order valence-electron chi connectivity index (χ3n) is 2.53. The fourth-order valence-corrected chi connectivity index (χ4v) is 2.84. The predicted molar refractivity (Wildman–Crippen MR) is 85.4 cm³/mol. The molecule has 2 rings (SSSR count). The fourth-order valence-electron chi connectivity index (χ4n) is 1.57. The zero-order chi connectivity index (χ0) is 13.0. The second kappa shape index (κ2) is 6.38. The van der Waals surface area contributed by atoms with Crippen LogP contribution in [-0.4, -0.2) is 11.5 Å².